The molecule has 0 saturated heterocycles. The molecule has 148 valence electrons. The van der Waals surface area contributed by atoms with Gasteiger partial charge in [0.1, 0.15) is 5.76 Å². The second kappa shape index (κ2) is 8.78. The summed E-state index contributed by atoms with van der Waals surface area (Å²) in [5.41, 5.74) is 1.41. The van der Waals surface area contributed by atoms with Gasteiger partial charge in [-0.05, 0) is 60.7 Å². The van der Waals surface area contributed by atoms with Gasteiger partial charge >= 0.3 is 5.97 Å². The predicted octanol–water partition coefficient (Wildman–Crippen LogP) is 5.08. The number of carbonyl (C=O) groups excluding carboxylic acids is 2. The van der Waals surface area contributed by atoms with Crippen molar-refractivity contribution < 1.29 is 18.7 Å². The molecular weight excluding hydrogens is 366 g/mol. The number of nitrogens with zero attached hydrogens (tertiary/aromatic N) is 1. The van der Waals surface area contributed by atoms with Crippen LogP contribution in [0.25, 0.3) is 10.8 Å². The fourth-order valence-electron chi connectivity index (χ4n) is 3.58. The molecule has 0 unspecified atom stereocenters. The molecule has 0 aliphatic heterocycles. The number of carbonyl (C=O) groups is 2. The van der Waals surface area contributed by atoms with E-state index in [1.165, 1.54) is 0 Å². The van der Waals surface area contributed by atoms with Gasteiger partial charge in [0.25, 0.3) is 5.91 Å². The largest absolute Gasteiger partial charge is 0.467 e. The first-order chi connectivity index (χ1) is 14.2. The first-order valence-electron chi connectivity index (χ1n) is 9.88. The van der Waals surface area contributed by atoms with Crippen LogP contribution >= 0.6 is 0 Å². The van der Waals surface area contributed by atoms with Gasteiger partial charge in [-0.25, -0.2) is 4.79 Å². The molecule has 5 heteroatoms. The van der Waals surface area contributed by atoms with Crippen molar-refractivity contribution in [2.24, 2.45) is 0 Å². The summed E-state index contributed by atoms with van der Waals surface area (Å²) < 4.78 is 10.8. The summed E-state index contributed by atoms with van der Waals surface area (Å²) in [6.45, 7) is 0.0366. The van der Waals surface area contributed by atoms with Gasteiger partial charge in [-0.15, -0.1) is 0 Å². The molecule has 0 radical (unpaired) electrons. The fraction of sp³-hybridized carbons (Fsp3) is 0.250. The molecule has 2 aromatic carbocycles. The third kappa shape index (κ3) is 4.57. The van der Waals surface area contributed by atoms with Crippen LogP contribution in [0.3, 0.4) is 0 Å². The van der Waals surface area contributed by atoms with E-state index in [1.807, 2.05) is 36.4 Å². The topological polar surface area (TPSA) is 59.8 Å². The molecule has 0 atom stereocenters. The van der Waals surface area contributed by atoms with Gasteiger partial charge in [-0.2, -0.15) is 0 Å². The van der Waals surface area contributed by atoms with Crippen molar-refractivity contribution in [3.8, 4) is 0 Å². The average molecular weight is 389 g/mol. The molecule has 4 rings (SSSR count). The molecule has 1 aromatic heterocycles. The Kier molecular flexibility index (Phi) is 5.75. The highest BCUT2D eigenvalue weighted by Gasteiger charge is 2.22. The second-order valence-electron chi connectivity index (χ2n) is 7.14. The van der Waals surface area contributed by atoms with Gasteiger partial charge in [0.2, 0.25) is 0 Å². The number of ether oxygens (including phenoxy) is 1. The van der Waals surface area contributed by atoms with E-state index in [0.717, 1.165) is 42.2 Å². The van der Waals surface area contributed by atoms with Crippen molar-refractivity contribution in [1.29, 1.82) is 0 Å². The van der Waals surface area contributed by atoms with Gasteiger partial charge in [-0.1, -0.05) is 36.4 Å². The lowest BCUT2D eigenvalue weighted by atomic mass is 10.0. The van der Waals surface area contributed by atoms with Crippen LogP contribution in [0.5, 0.6) is 0 Å². The standard InChI is InChI=1S/C24H23NO4/c26-23(25(16-22-11-6-14-28-22)21-9-2-1-3-10-21)17-29-24(27)20-13-12-18-7-4-5-8-19(18)15-20/h4-9,11-15H,1-3,10,16-17H2. The molecule has 1 heterocycles. The number of rotatable bonds is 6. The lowest BCUT2D eigenvalue weighted by Gasteiger charge is -2.26. The Bertz CT molecular complexity index is 1040. The summed E-state index contributed by atoms with van der Waals surface area (Å²) >= 11 is 0. The maximum absolute atomic E-state index is 12.9. The summed E-state index contributed by atoms with van der Waals surface area (Å²) in [4.78, 5) is 27.0. The van der Waals surface area contributed by atoms with E-state index in [0.29, 0.717) is 17.9 Å². The van der Waals surface area contributed by atoms with Crippen molar-refractivity contribution >= 4 is 22.6 Å². The number of allylic oxidation sites excluding steroid dienone is 2. The van der Waals surface area contributed by atoms with Gasteiger partial charge < -0.3 is 14.1 Å². The molecule has 0 fully saturated rings. The van der Waals surface area contributed by atoms with E-state index in [4.69, 9.17) is 9.15 Å². The molecule has 0 saturated carbocycles. The number of esters is 1. The molecule has 1 aliphatic rings. The number of furan rings is 1. The van der Waals surface area contributed by atoms with Crippen LogP contribution in [-0.4, -0.2) is 23.4 Å². The van der Waals surface area contributed by atoms with Crippen LogP contribution in [0.15, 0.2) is 77.1 Å². The van der Waals surface area contributed by atoms with Crippen LogP contribution in [0, 0.1) is 0 Å². The van der Waals surface area contributed by atoms with Gasteiger partial charge in [-0.3, -0.25) is 4.79 Å². The predicted molar refractivity (Wildman–Crippen MR) is 110 cm³/mol. The normalized spacial score (nSPS) is 13.7. The number of amides is 1. The minimum atomic E-state index is -0.500. The molecule has 1 amide bonds. The first-order valence-corrected chi connectivity index (χ1v) is 9.88. The number of hydrogen-bond acceptors (Lipinski definition) is 4. The van der Waals surface area contributed by atoms with E-state index >= 15 is 0 Å². The third-order valence-corrected chi connectivity index (χ3v) is 5.12. The van der Waals surface area contributed by atoms with Gasteiger partial charge in [0, 0.05) is 5.70 Å². The Balaban J connectivity index is 1.44. The zero-order valence-electron chi connectivity index (χ0n) is 16.2. The molecule has 0 N–H and O–H groups in total. The van der Waals surface area contributed by atoms with Crippen molar-refractivity contribution in [2.75, 3.05) is 6.61 Å². The van der Waals surface area contributed by atoms with Gasteiger partial charge in [0.05, 0.1) is 18.4 Å². The van der Waals surface area contributed by atoms with E-state index in [2.05, 4.69) is 6.08 Å². The lowest BCUT2D eigenvalue weighted by molar-refractivity contribution is -0.133. The first kappa shape index (κ1) is 19.0. The highest BCUT2D eigenvalue weighted by atomic mass is 16.5. The Morgan fingerprint density at radius 1 is 1.00 bits per heavy atom. The quantitative estimate of drug-likeness (QED) is 0.552. The SMILES string of the molecule is O=C(OCC(=O)N(Cc1ccco1)C1=CCCCC1)c1ccc2ccccc2c1. The molecule has 5 nitrogen and oxygen atoms in total. The van der Waals surface area contributed by atoms with Crippen molar-refractivity contribution in [2.45, 2.75) is 32.2 Å². The van der Waals surface area contributed by atoms with Crippen molar-refractivity contribution in [3.05, 3.63) is 84.0 Å². The zero-order chi connectivity index (χ0) is 20.1. The fourth-order valence-corrected chi connectivity index (χ4v) is 3.58. The molecule has 1 aliphatic carbocycles. The second-order valence-corrected chi connectivity index (χ2v) is 7.14. The summed E-state index contributed by atoms with van der Waals surface area (Å²) in [5, 5.41) is 2.01. The lowest BCUT2D eigenvalue weighted by Crippen LogP contribution is -2.34. The Labute approximate surface area is 169 Å². The monoisotopic (exact) mass is 389 g/mol. The smallest absolute Gasteiger partial charge is 0.338 e. The average Bonchev–Trinajstić information content (AvgIpc) is 3.29. The minimum Gasteiger partial charge on any atom is -0.467 e. The van der Waals surface area contributed by atoms with Crippen molar-refractivity contribution in [1.82, 2.24) is 4.90 Å². The highest BCUT2D eigenvalue weighted by molar-refractivity contribution is 5.96. The summed E-state index contributed by atoms with van der Waals surface area (Å²) in [6.07, 6.45) is 7.65. The van der Waals surface area contributed by atoms with E-state index in [1.54, 1.807) is 29.4 Å². The van der Waals surface area contributed by atoms with E-state index < -0.39 is 5.97 Å². The van der Waals surface area contributed by atoms with Crippen molar-refractivity contribution in [3.63, 3.8) is 0 Å². The molecular formula is C24H23NO4. The summed E-state index contributed by atoms with van der Waals surface area (Å²) in [7, 11) is 0. The third-order valence-electron chi connectivity index (χ3n) is 5.12. The van der Waals surface area contributed by atoms with Crippen LogP contribution in [0.2, 0.25) is 0 Å². The minimum absolute atomic E-state index is 0.247. The van der Waals surface area contributed by atoms with Gasteiger partial charge in [0.15, 0.2) is 6.61 Å². The van der Waals surface area contributed by atoms with Crippen LogP contribution in [0.4, 0.5) is 0 Å². The molecule has 0 bridgehead atoms. The van der Waals surface area contributed by atoms with Crippen LogP contribution < -0.4 is 0 Å². The number of fused-ring (bicyclic) bond motifs is 1. The van der Waals surface area contributed by atoms with E-state index in [9.17, 15) is 9.59 Å². The molecule has 29 heavy (non-hydrogen) atoms. The Morgan fingerprint density at radius 3 is 2.62 bits per heavy atom. The maximum Gasteiger partial charge on any atom is 0.338 e. The Hall–Kier alpha value is -3.34. The Morgan fingerprint density at radius 2 is 1.86 bits per heavy atom. The zero-order valence-corrected chi connectivity index (χ0v) is 16.2. The summed E-state index contributed by atoms with van der Waals surface area (Å²) in [6, 6.07) is 16.8. The summed E-state index contributed by atoms with van der Waals surface area (Å²) in [5.74, 6) is -0.0472. The van der Waals surface area contributed by atoms with Crippen LogP contribution in [0.1, 0.15) is 41.8 Å². The van der Waals surface area contributed by atoms with Crippen LogP contribution in [-0.2, 0) is 16.1 Å². The van der Waals surface area contributed by atoms with E-state index in [-0.39, 0.29) is 12.5 Å². The number of hydrogen-bond donors (Lipinski definition) is 0. The maximum atomic E-state index is 12.9. The molecule has 0 spiro atoms. The highest BCUT2D eigenvalue weighted by Crippen LogP contribution is 2.23. The number of benzene rings is 2. The molecule has 3 aromatic rings.